The molecule has 28 heavy (non-hydrogen) atoms. The van der Waals surface area contributed by atoms with Crippen molar-refractivity contribution in [3.63, 3.8) is 0 Å². The van der Waals surface area contributed by atoms with Gasteiger partial charge in [0.2, 0.25) is 5.91 Å². The van der Waals surface area contributed by atoms with Crippen molar-refractivity contribution in [2.24, 2.45) is 0 Å². The van der Waals surface area contributed by atoms with E-state index in [2.05, 4.69) is 25.7 Å². The van der Waals surface area contributed by atoms with Crippen LogP contribution in [0.25, 0.3) is 5.82 Å². The van der Waals surface area contributed by atoms with E-state index in [1.165, 1.54) is 17.2 Å². The zero-order chi connectivity index (χ0) is 19.3. The van der Waals surface area contributed by atoms with Crippen molar-refractivity contribution in [1.29, 1.82) is 0 Å². The fourth-order valence-electron chi connectivity index (χ4n) is 4.38. The number of likely N-dealkylation sites (tertiary alicyclic amines) is 1. The summed E-state index contributed by atoms with van der Waals surface area (Å²) >= 11 is 0. The van der Waals surface area contributed by atoms with Crippen LogP contribution >= 0.6 is 0 Å². The van der Waals surface area contributed by atoms with E-state index in [1.807, 2.05) is 24.3 Å². The lowest BCUT2D eigenvalue weighted by atomic mass is 9.75. The number of para-hydroxylation sites is 1. The molecule has 0 bridgehead atoms. The first-order valence-corrected chi connectivity index (χ1v) is 9.05. The first kappa shape index (κ1) is 16.6. The Labute approximate surface area is 160 Å². The molecule has 1 N–H and O–H groups in total. The third kappa shape index (κ3) is 2.20. The predicted molar refractivity (Wildman–Crippen MR) is 98.0 cm³/mol. The molecule has 0 saturated carbocycles. The van der Waals surface area contributed by atoms with E-state index >= 15 is 0 Å². The summed E-state index contributed by atoms with van der Waals surface area (Å²) in [5.74, 6) is 0.252. The smallest absolute Gasteiger partial charge is 0.259 e. The highest BCUT2D eigenvalue weighted by atomic mass is 16.2. The van der Waals surface area contributed by atoms with Crippen molar-refractivity contribution in [2.75, 3.05) is 25.0 Å². The molecule has 1 aromatic carbocycles. The van der Waals surface area contributed by atoms with Crippen molar-refractivity contribution in [3.05, 3.63) is 47.9 Å². The molecule has 5 rings (SSSR count). The average Bonchev–Trinajstić information content (AvgIpc) is 3.46. The molecule has 2 aliphatic heterocycles. The molecule has 3 aromatic rings. The maximum absolute atomic E-state index is 13.3. The minimum atomic E-state index is -0.696. The zero-order valence-electron chi connectivity index (χ0n) is 15.2. The predicted octanol–water partition coefficient (Wildman–Crippen LogP) is 0.536. The van der Waals surface area contributed by atoms with E-state index in [0.717, 1.165) is 24.1 Å². The van der Waals surface area contributed by atoms with Crippen LogP contribution in [0.2, 0.25) is 0 Å². The van der Waals surface area contributed by atoms with Crippen LogP contribution in [0.5, 0.6) is 0 Å². The first-order valence-electron chi connectivity index (χ1n) is 9.05. The Morgan fingerprint density at radius 1 is 1.29 bits per heavy atom. The molecule has 1 spiro atoms. The van der Waals surface area contributed by atoms with Gasteiger partial charge in [-0.25, -0.2) is 0 Å². The molecule has 10 heteroatoms. The molecule has 2 amide bonds. The number of tetrazole rings is 1. The minimum absolute atomic E-state index is 0.0408. The molecule has 1 saturated heterocycles. The van der Waals surface area contributed by atoms with Gasteiger partial charge in [-0.3, -0.25) is 14.7 Å². The highest BCUT2D eigenvalue weighted by Crippen LogP contribution is 2.46. The number of aromatic nitrogens is 6. The standard InChI is InChI=1S/C18H18N8O2/c1-24-14-6-3-2-5-13(14)18(17(24)28)7-4-8-25(10-18)16(27)12-9-19-21-15(12)26-11-20-22-23-26/h2-3,5-6,9,11H,4,7-8,10H2,1H3,(H,19,21). The van der Waals surface area contributed by atoms with Gasteiger partial charge in [0.1, 0.15) is 11.9 Å². The maximum atomic E-state index is 13.3. The summed E-state index contributed by atoms with van der Waals surface area (Å²) in [5, 5.41) is 17.8. The molecule has 142 valence electrons. The Kier molecular flexibility index (Phi) is 3.54. The number of nitrogens with one attached hydrogen (secondary N) is 1. The van der Waals surface area contributed by atoms with Crippen LogP contribution in [0, 0.1) is 0 Å². The van der Waals surface area contributed by atoms with Gasteiger partial charge in [0.05, 0.1) is 11.6 Å². The molecule has 2 aliphatic rings. The quantitative estimate of drug-likeness (QED) is 0.696. The largest absolute Gasteiger partial charge is 0.337 e. The fourth-order valence-corrected chi connectivity index (χ4v) is 4.38. The lowest BCUT2D eigenvalue weighted by Crippen LogP contribution is -2.53. The summed E-state index contributed by atoms with van der Waals surface area (Å²) in [5.41, 5.74) is 1.58. The molecule has 4 heterocycles. The van der Waals surface area contributed by atoms with E-state index in [-0.39, 0.29) is 11.8 Å². The molecular formula is C18H18N8O2. The zero-order valence-corrected chi connectivity index (χ0v) is 15.2. The lowest BCUT2D eigenvalue weighted by molar-refractivity contribution is -0.124. The number of hydrogen-bond donors (Lipinski definition) is 1. The van der Waals surface area contributed by atoms with E-state index in [4.69, 9.17) is 0 Å². The van der Waals surface area contributed by atoms with Gasteiger partial charge in [-0.2, -0.15) is 9.78 Å². The summed E-state index contributed by atoms with van der Waals surface area (Å²) in [6.45, 7) is 0.923. The normalized spacial score (nSPS) is 21.4. The SMILES string of the molecule is CN1C(=O)C2(CCCN(C(=O)c3cn[nH]c3-n3cnnn3)C2)c2ccccc21. The number of nitrogens with zero attached hydrogens (tertiary/aromatic N) is 7. The van der Waals surface area contributed by atoms with Crippen molar-refractivity contribution < 1.29 is 9.59 Å². The molecule has 10 nitrogen and oxygen atoms in total. The van der Waals surface area contributed by atoms with Crippen molar-refractivity contribution in [2.45, 2.75) is 18.3 Å². The van der Waals surface area contributed by atoms with Gasteiger partial charge >= 0.3 is 0 Å². The van der Waals surface area contributed by atoms with Crippen molar-refractivity contribution in [3.8, 4) is 5.82 Å². The number of benzene rings is 1. The summed E-state index contributed by atoms with van der Waals surface area (Å²) in [6, 6.07) is 7.82. The molecule has 0 radical (unpaired) electrons. The van der Waals surface area contributed by atoms with E-state index in [0.29, 0.717) is 24.5 Å². The molecule has 1 fully saturated rings. The second-order valence-corrected chi connectivity index (χ2v) is 7.18. The van der Waals surface area contributed by atoms with Crippen LogP contribution in [0.1, 0.15) is 28.8 Å². The number of hydrogen-bond acceptors (Lipinski definition) is 6. The summed E-state index contributed by atoms with van der Waals surface area (Å²) in [7, 11) is 1.79. The number of H-pyrrole nitrogens is 1. The van der Waals surface area contributed by atoms with Gasteiger partial charge in [-0.1, -0.05) is 18.2 Å². The Morgan fingerprint density at radius 3 is 2.96 bits per heavy atom. The topological polar surface area (TPSA) is 113 Å². The number of piperidine rings is 1. The van der Waals surface area contributed by atoms with Gasteiger partial charge in [0.15, 0.2) is 5.82 Å². The van der Waals surface area contributed by atoms with Crippen LogP contribution in [0.4, 0.5) is 5.69 Å². The third-order valence-corrected chi connectivity index (χ3v) is 5.70. The van der Waals surface area contributed by atoms with Crippen LogP contribution in [-0.4, -0.2) is 67.3 Å². The van der Waals surface area contributed by atoms with E-state index in [9.17, 15) is 9.59 Å². The molecule has 0 aliphatic carbocycles. The lowest BCUT2D eigenvalue weighted by Gasteiger charge is -2.39. The summed E-state index contributed by atoms with van der Waals surface area (Å²) in [4.78, 5) is 29.9. The van der Waals surface area contributed by atoms with Gasteiger partial charge in [-0.05, 0) is 34.9 Å². The Hall–Kier alpha value is -3.56. The molecule has 1 unspecified atom stereocenters. The molecular weight excluding hydrogens is 360 g/mol. The number of carbonyl (C=O) groups excluding carboxylic acids is 2. The van der Waals surface area contributed by atoms with Gasteiger partial charge in [0, 0.05) is 25.8 Å². The fraction of sp³-hybridized carbons (Fsp3) is 0.333. The van der Waals surface area contributed by atoms with Crippen molar-refractivity contribution in [1.82, 2.24) is 35.3 Å². The molecule has 1 atom stereocenters. The van der Waals surface area contributed by atoms with Crippen LogP contribution in [-0.2, 0) is 10.2 Å². The highest BCUT2D eigenvalue weighted by Gasteiger charge is 2.52. The van der Waals surface area contributed by atoms with Gasteiger partial charge in [-0.15, -0.1) is 5.10 Å². The second kappa shape index (κ2) is 5.98. The first-order chi connectivity index (χ1) is 13.6. The van der Waals surface area contributed by atoms with E-state index < -0.39 is 5.41 Å². The number of aromatic amines is 1. The Balaban J connectivity index is 1.50. The number of fused-ring (bicyclic) bond motifs is 2. The van der Waals surface area contributed by atoms with E-state index in [1.54, 1.807) is 16.8 Å². The third-order valence-electron chi connectivity index (χ3n) is 5.70. The Bertz CT molecular complexity index is 1060. The highest BCUT2D eigenvalue weighted by molar-refractivity contribution is 6.08. The Morgan fingerprint density at radius 2 is 2.14 bits per heavy atom. The summed E-state index contributed by atoms with van der Waals surface area (Å²) < 4.78 is 1.36. The van der Waals surface area contributed by atoms with Crippen LogP contribution < -0.4 is 4.90 Å². The maximum Gasteiger partial charge on any atom is 0.259 e. The number of carbonyl (C=O) groups is 2. The van der Waals surface area contributed by atoms with Gasteiger partial charge in [0.25, 0.3) is 5.91 Å². The number of anilines is 1. The molecule has 2 aromatic heterocycles. The van der Waals surface area contributed by atoms with Crippen LogP contribution in [0.3, 0.4) is 0 Å². The minimum Gasteiger partial charge on any atom is -0.337 e. The number of rotatable bonds is 2. The summed E-state index contributed by atoms with van der Waals surface area (Å²) in [6.07, 6.45) is 4.34. The van der Waals surface area contributed by atoms with Crippen LogP contribution in [0.15, 0.2) is 36.8 Å². The second-order valence-electron chi connectivity index (χ2n) is 7.18. The van der Waals surface area contributed by atoms with Gasteiger partial charge < -0.3 is 9.80 Å². The number of likely N-dealkylation sites (N-methyl/N-ethyl adjacent to an activating group) is 1. The van der Waals surface area contributed by atoms with Crippen molar-refractivity contribution >= 4 is 17.5 Å². The number of amides is 2. The average molecular weight is 378 g/mol. The monoisotopic (exact) mass is 378 g/mol.